The Morgan fingerprint density at radius 3 is 2.77 bits per heavy atom. The van der Waals surface area contributed by atoms with E-state index in [-0.39, 0.29) is 0 Å². The van der Waals surface area contributed by atoms with Gasteiger partial charge in [-0.3, -0.25) is 0 Å². The number of pyridine rings is 1. The van der Waals surface area contributed by atoms with E-state index in [1.165, 1.54) is 22.4 Å². The number of hydrogen-bond acceptors (Lipinski definition) is 7. The molecule has 0 spiro atoms. The van der Waals surface area contributed by atoms with Gasteiger partial charge in [0.15, 0.2) is 5.13 Å². The average molecular weight is 434 g/mol. The van der Waals surface area contributed by atoms with Crippen LogP contribution in [0.3, 0.4) is 0 Å². The van der Waals surface area contributed by atoms with Crippen LogP contribution in [0.25, 0.3) is 10.6 Å². The first kappa shape index (κ1) is 19.2. The highest BCUT2D eigenvalue weighted by molar-refractivity contribution is 7.16. The van der Waals surface area contributed by atoms with Crippen LogP contribution in [-0.4, -0.2) is 21.5 Å². The summed E-state index contributed by atoms with van der Waals surface area (Å²) < 4.78 is 0. The van der Waals surface area contributed by atoms with E-state index in [4.69, 9.17) is 4.98 Å². The average Bonchev–Trinajstić information content (AvgIpc) is 3.42. The highest BCUT2D eigenvalue weighted by Gasteiger charge is 2.19. The first-order valence-electron chi connectivity index (χ1n) is 10.0. The van der Waals surface area contributed by atoms with E-state index in [1.807, 2.05) is 26.1 Å². The maximum absolute atomic E-state index is 4.72. The second-order valence-electron chi connectivity index (χ2n) is 7.67. The van der Waals surface area contributed by atoms with E-state index in [2.05, 4.69) is 56.8 Å². The fraction of sp³-hybridized carbons (Fsp3) is 0.261. The Bertz CT molecular complexity index is 1190. The fourth-order valence-electron chi connectivity index (χ4n) is 3.89. The molecule has 7 heteroatoms. The molecular weight excluding hydrogens is 410 g/mol. The van der Waals surface area contributed by atoms with Crippen LogP contribution >= 0.6 is 22.7 Å². The summed E-state index contributed by atoms with van der Waals surface area (Å²) in [5.74, 6) is 0.814. The molecule has 4 aromatic rings. The zero-order valence-corrected chi connectivity index (χ0v) is 18.9. The molecular formula is C23H23N5S2. The van der Waals surface area contributed by atoms with Gasteiger partial charge < -0.3 is 10.2 Å². The summed E-state index contributed by atoms with van der Waals surface area (Å²) in [5, 5.41) is 7.32. The molecule has 0 radical (unpaired) electrons. The summed E-state index contributed by atoms with van der Waals surface area (Å²) in [4.78, 5) is 17.4. The van der Waals surface area contributed by atoms with Crippen LogP contribution in [0.15, 0.2) is 41.9 Å². The van der Waals surface area contributed by atoms with Crippen LogP contribution in [0.4, 0.5) is 16.6 Å². The predicted octanol–water partition coefficient (Wildman–Crippen LogP) is 5.89. The molecule has 0 unspecified atom stereocenters. The number of hydrogen-bond donors (Lipinski definition) is 1. The molecule has 1 aliphatic heterocycles. The molecule has 4 heterocycles. The van der Waals surface area contributed by atoms with E-state index < -0.39 is 0 Å². The quantitative estimate of drug-likeness (QED) is 0.425. The van der Waals surface area contributed by atoms with E-state index in [1.54, 1.807) is 22.7 Å². The van der Waals surface area contributed by atoms with Gasteiger partial charge in [-0.15, -0.1) is 22.7 Å². The number of aryl methyl sites for hydroxylation is 3. The van der Waals surface area contributed by atoms with Gasteiger partial charge in [-0.1, -0.05) is 23.8 Å². The molecule has 0 fully saturated rings. The van der Waals surface area contributed by atoms with E-state index in [0.29, 0.717) is 0 Å². The largest absolute Gasteiger partial charge is 0.367 e. The Kier molecular flexibility index (Phi) is 5.00. The normalized spacial score (nSPS) is 13.0. The lowest BCUT2D eigenvalue weighted by Crippen LogP contribution is -2.19. The molecule has 0 amide bonds. The molecule has 0 bridgehead atoms. The minimum Gasteiger partial charge on any atom is -0.367 e. The third kappa shape index (κ3) is 3.82. The Morgan fingerprint density at radius 2 is 2.00 bits per heavy atom. The van der Waals surface area contributed by atoms with Crippen molar-refractivity contribution in [2.24, 2.45) is 0 Å². The molecule has 0 atom stereocenters. The van der Waals surface area contributed by atoms with Crippen molar-refractivity contribution in [3.63, 3.8) is 0 Å². The van der Waals surface area contributed by atoms with Gasteiger partial charge >= 0.3 is 0 Å². The lowest BCUT2D eigenvalue weighted by atomic mass is 10.1. The van der Waals surface area contributed by atoms with Crippen molar-refractivity contribution in [3.8, 4) is 10.6 Å². The number of nitrogens with zero attached hydrogens (tertiary/aromatic N) is 4. The van der Waals surface area contributed by atoms with Gasteiger partial charge in [0.2, 0.25) is 0 Å². The highest BCUT2D eigenvalue weighted by atomic mass is 32.1. The van der Waals surface area contributed by atoms with Crippen molar-refractivity contribution in [3.05, 3.63) is 69.3 Å². The molecule has 0 saturated heterocycles. The predicted molar refractivity (Wildman–Crippen MR) is 126 cm³/mol. The monoisotopic (exact) mass is 433 g/mol. The minimum absolute atomic E-state index is 0.814. The standard InChI is InChI=1S/C23H23N5S2/c1-14-4-6-20-18(10-14)8-9-28(20)12-17-5-7-21(24-11-17)27-23-26-19(13-29-23)22-15(2)25-16(3)30-22/h4-7,10-11,13H,8-9,12H2,1-3H3,(H,24,26,27). The van der Waals surface area contributed by atoms with Crippen molar-refractivity contribution in [1.29, 1.82) is 0 Å². The molecule has 1 aromatic carbocycles. The number of thiazole rings is 2. The van der Waals surface area contributed by atoms with E-state index in [9.17, 15) is 0 Å². The second-order valence-corrected chi connectivity index (χ2v) is 9.73. The summed E-state index contributed by atoms with van der Waals surface area (Å²) in [7, 11) is 0. The SMILES string of the molecule is Cc1ccc2c(c1)CCN2Cc1ccc(Nc2nc(-c3sc(C)nc3C)cs2)nc1. The number of nitrogens with one attached hydrogen (secondary N) is 1. The summed E-state index contributed by atoms with van der Waals surface area (Å²) in [5.41, 5.74) is 7.36. The second kappa shape index (κ2) is 7.81. The molecule has 1 aliphatic rings. The summed E-state index contributed by atoms with van der Waals surface area (Å²) in [6, 6.07) is 10.9. The third-order valence-corrected chi connectivity index (χ3v) is 7.15. The van der Waals surface area contributed by atoms with Crippen LogP contribution in [-0.2, 0) is 13.0 Å². The number of anilines is 3. The van der Waals surface area contributed by atoms with Crippen LogP contribution in [0.2, 0.25) is 0 Å². The molecule has 5 rings (SSSR count). The molecule has 3 aromatic heterocycles. The van der Waals surface area contributed by atoms with Gasteiger partial charge in [0.05, 0.1) is 21.3 Å². The zero-order chi connectivity index (χ0) is 20.7. The number of rotatable bonds is 5. The maximum Gasteiger partial charge on any atom is 0.188 e. The number of aromatic nitrogens is 3. The van der Waals surface area contributed by atoms with Gasteiger partial charge in [-0.05, 0) is 50.5 Å². The third-order valence-electron chi connectivity index (χ3n) is 5.30. The first-order valence-corrected chi connectivity index (χ1v) is 11.7. The van der Waals surface area contributed by atoms with Crippen LogP contribution in [0.1, 0.15) is 27.4 Å². The van der Waals surface area contributed by atoms with Crippen molar-refractivity contribution >= 4 is 39.3 Å². The van der Waals surface area contributed by atoms with E-state index in [0.717, 1.165) is 51.7 Å². The van der Waals surface area contributed by atoms with Crippen molar-refractivity contribution in [2.75, 3.05) is 16.8 Å². The first-order chi connectivity index (χ1) is 14.5. The number of fused-ring (bicyclic) bond motifs is 1. The van der Waals surface area contributed by atoms with Crippen LogP contribution in [0.5, 0.6) is 0 Å². The van der Waals surface area contributed by atoms with Gasteiger partial charge in [0, 0.05) is 30.4 Å². The molecule has 1 N–H and O–H groups in total. The fourth-order valence-corrected chi connectivity index (χ4v) is 5.55. The minimum atomic E-state index is 0.814. The van der Waals surface area contributed by atoms with Gasteiger partial charge in [-0.25, -0.2) is 15.0 Å². The lowest BCUT2D eigenvalue weighted by Gasteiger charge is -2.19. The zero-order valence-electron chi connectivity index (χ0n) is 17.3. The summed E-state index contributed by atoms with van der Waals surface area (Å²) >= 11 is 3.27. The Morgan fingerprint density at radius 1 is 1.10 bits per heavy atom. The van der Waals surface area contributed by atoms with Gasteiger partial charge in [0.25, 0.3) is 0 Å². The molecule has 0 aliphatic carbocycles. The Labute approximate surface area is 184 Å². The molecule has 152 valence electrons. The molecule has 30 heavy (non-hydrogen) atoms. The summed E-state index contributed by atoms with van der Waals surface area (Å²) in [6.45, 7) is 8.17. The Balaban J connectivity index is 1.26. The summed E-state index contributed by atoms with van der Waals surface area (Å²) in [6.07, 6.45) is 3.08. The van der Waals surface area contributed by atoms with Gasteiger partial charge in [-0.2, -0.15) is 0 Å². The highest BCUT2D eigenvalue weighted by Crippen LogP contribution is 2.33. The van der Waals surface area contributed by atoms with Gasteiger partial charge in [0.1, 0.15) is 5.82 Å². The van der Waals surface area contributed by atoms with Crippen LogP contribution < -0.4 is 10.2 Å². The van der Waals surface area contributed by atoms with Crippen molar-refractivity contribution in [1.82, 2.24) is 15.0 Å². The number of benzene rings is 1. The molecule has 0 saturated carbocycles. The smallest absolute Gasteiger partial charge is 0.188 e. The Hall–Kier alpha value is -2.77. The van der Waals surface area contributed by atoms with Crippen LogP contribution in [0, 0.1) is 20.8 Å². The molecule has 5 nitrogen and oxygen atoms in total. The lowest BCUT2D eigenvalue weighted by molar-refractivity contribution is 0.832. The van der Waals surface area contributed by atoms with Crippen molar-refractivity contribution in [2.45, 2.75) is 33.7 Å². The van der Waals surface area contributed by atoms with Crippen molar-refractivity contribution < 1.29 is 0 Å². The topological polar surface area (TPSA) is 53.9 Å². The van der Waals surface area contributed by atoms with E-state index >= 15 is 0 Å². The maximum atomic E-state index is 4.72.